The molecular weight excluding hydrogens is 729 g/mol. The fourth-order valence-electron chi connectivity index (χ4n) is 7.56. The van der Waals surface area contributed by atoms with Crippen molar-refractivity contribution in [2.75, 3.05) is 27.3 Å². The van der Waals surface area contributed by atoms with Crippen molar-refractivity contribution in [3.8, 4) is 34.0 Å². The van der Waals surface area contributed by atoms with Crippen LogP contribution < -0.4 is 15.4 Å². The van der Waals surface area contributed by atoms with Crippen molar-refractivity contribution in [2.45, 2.75) is 97.8 Å². The van der Waals surface area contributed by atoms with Gasteiger partial charge in [0.1, 0.15) is 29.2 Å². The van der Waals surface area contributed by atoms with Gasteiger partial charge in [0.05, 0.1) is 49.0 Å². The van der Waals surface area contributed by atoms with Crippen LogP contribution in [0.5, 0.6) is 11.5 Å². The van der Waals surface area contributed by atoms with E-state index < -0.39 is 35.4 Å². The van der Waals surface area contributed by atoms with Crippen LogP contribution in [0.15, 0.2) is 60.9 Å². The number of aromatic nitrogens is 4. The molecule has 0 radical (unpaired) electrons. The van der Waals surface area contributed by atoms with E-state index in [1.165, 1.54) is 14.2 Å². The summed E-state index contributed by atoms with van der Waals surface area (Å²) in [6.45, 7) is 12.8. The minimum absolute atomic E-state index is 0.106. The van der Waals surface area contributed by atoms with Gasteiger partial charge in [-0.2, -0.15) is 0 Å². The van der Waals surface area contributed by atoms with Crippen molar-refractivity contribution in [1.82, 2.24) is 40.4 Å². The monoisotopic (exact) mass is 784 g/mol. The van der Waals surface area contributed by atoms with Crippen LogP contribution in [0, 0.1) is 10.8 Å². The third-order valence-electron chi connectivity index (χ3n) is 10.6. The Balaban J connectivity index is 1.11. The molecule has 2 aromatic heterocycles. The van der Waals surface area contributed by atoms with Crippen molar-refractivity contribution in [3.05, 3.63) is 72.6 Å². The zero-order chi connectivity index (χ0) is 41.1. The highest BCUT2D eigenvalue weighted by Gasteiger charge is 2.42. The van der Waals surface area contributed by atoms with E-state index in [0.29, 0.717) is 36.2 Å². The highest BCUT2D eigenvalue weighted by Crippen LogP contribution is 2.37. The number of aromatic amines is 2. The molecule has 0 aliphatic carbocycles. The minimum Gasteiger partial charge on any atom is -0.457 e. The van der Waals surface area contributed by atoms with E-state index in [4.69, 9.17) is 14.2 Å². The van der Waals surface area contributed by atoms with Crippen LogP contribution in [0.2, 0.25) is 0 Å². The van der Waals surface area contributed by atoms with Gasteiger partial charge in [-0.3, -0.25) is 14.9 Å². The van der Waals surface area contributed by atoms with E-state index in [1.54, 1.807) is 17.3 Å². The molecule has 0 bridgehead atoms. The van der Waals surface area contributed by atoms with Crippen LogP contribution >= 0.6 is 0 Å². The number of aliphatic hydroxyl groups is 1. The second kappa shape index (κ2) is 17.1. The second-order valence-corrected chi connectivity index (χ2v) is 16.9. The van der Waals surface area contributed by atoms with Crippen LogP contribution in [0.4, 0.5) is 4.79 Å². The molecule has 6 rings (SSSR count). The predicted molar refractivity (Wildman–Crippen MR) is 214 cm³/mol. The standard InChI is InChI=1S/C42H56N8O7/c1-41(2,3)33(47-39(53)55-7)37(51)49-20-10-14-31(49)35-43-23-29(45-35)25-16-18-27(19-17-25)57-28-13-9-12-26(22-28)30-24-44-36(46-30)32-15-11-21-50(32)38(52)34(42(4,5)6)48-40(54)56-8/h9,12-13,16-19,22-24,31-34,39,47,53H,10-11,14-15,20-21H2,1-8H3,(H,43,45)(H,44,46)(H,48,54). The van der Waals surface area contributed by atoms with Gasteiger partial charge < -0.3 is 44.4 Å². The van der Waals surface area contributed by atoms with Crippen LogP contribution in [-0.4, -0.2) is 98.6 Å². The molecule has 5 unspecified atom stereocenters. The number of H-pyrrole nitrogens is 2. The number of methoxy groups -OCH3 is 2. The Bertz CT molecular complexity index is 2010. The predicted octanol–water partition coefficient (Wildman–Crippen LogP) is 6.28. The molecule has 306 valence electrons. The Kier molecular flexibility index (Phi) is 12.4. The van der Waals surface area contributed by atoms with Crippen molar-refractivity contribution in [2.24, 2.45) is 10.8 Å². The normalized spacial score (nSPS) is 19.0. The van der Waals surface area contributed by atoms with Gasteiger partial charge in [0.25, 0.3) is 0 Å². The van der Waals surface area contributed by atoms with E-state index in [-0.39, 0.29) is 23.9 Å². The van der Waals surface area contributed by atoms with Gasteiger partial charge in [0.15, 0.2) is 0 Å². The lowest BCUT2D eigenvalue weighted by Crippen LogP contribution is -2.56. The number of alkyl carbamates (subject to hydrolysis) is 1. The van der Waals surface area contributed by atoms with E-state index >= 15 is 0 Å². The summed E-state index contributed by atoms with van der Waals surface area (Å²) < 4.78 is 16.1. The molecule has 2 aliphatic heterocycles. The number of hydrogen-bond acceptors (Lipinski definition) is 10. The zero-order valence-corrected chi connectivity index (χ0v) is 34.1. The number of rotatable bonds is 12. The molecule has 4 aromatic rings. The lowest BCUT2D eigenvalue weighted by Gasteiger charge is -2.36. The Hall–Kier alpha value is -5.25. The molecule has 2 aliphatic rings. The zero-order valence-electron chi connectivity index (χ0n) is 34.1. The molecule has 2 aromatic carbocycles. The Morgan fingerprint density at radius 3 is 1.84 bits per heavy atom. The average Bonchev–Trinajstić information content (AvgIpc) is 4.01. The number of nitrogens with one attached hydrogen (secondary N) is 4. The summed E-state index contributed by atoms with van der Waals surface area (Å²) in [5.41, 5.74) is 2.42. The number of carbonyl (C=O) groups excluding carboxylic acids is 3. The number of amides is 3. The van der Waals surface area contributed by atoms with E-state index in [9.17, 15) is 19.5 Å². The highest BCUT2D eigenvalue weighted by molar-refractivity contribution is 5.87. The van der Waals surface area contributed by atoms with Gasteiger partial charge in [-0.15, -0.1) is 0 Å². The number of nitrogens with zero attached hydrogens (tertiary/aromatic N) is 4. The fraction of sp³-hybridized carbons (Fsp3) is 0.500. The van der Waals surface area contributed by atoms with Crippen molar-refractivity contribution in [1.29, 1.82) is 0 Å². The van der Waals surface area contributed by atoms with E-state index in [0.717, 1.165) is 48.2 Å². The molecule has 15 heteroatoms. The molecule has 3 amide bonds. The van der Waals surface area contributed by atoms with Gasteiger partial charge >= 0.3 is 6.09 Å². The van der Waals surface area contributed by atoms with Gasteiger partial charge in [0, 0.05) is 25.8 Å². The molecular formula is C42H56N8O7. The minimum atomic E-state index is -1.25. The summed E-state index contributed by atoms with van der Waals surface area (Å²) >= 11 is 0. The number of likely N-dealkylation sites (tertiary alicyclic amines) is 2. The first kappa shape index (κ1) is 41.4. The van der Waals surface area contributed by atoms with Crippen molar-refractivity contribution >= 4 is 17.9 Å². The summed E-state index contributed by atoms with van der Waals surface area (Å²) in [6.07, 6.45) is 4.86. The molecule has 0 spiro atoms. The molecule has 57 heavy (non-hydrogen) atoms. The van der Waals surface area contributed by atoms with Crippen LogP contribution in [-0.2, 0) is 19.1 Å². The fourth-order valence-corrected chi connectivity index (χ4v) is 7.56. The van der Waals surface area contributed by atoms with Crippen molar-refractivity contribution < 1.29 is 33.7 Å². The first-order valence-electron chi connectivity index (χ1n) is 19.5. The smallest absolute Gasteiger partial charge is 0.407 e. The lowest BCUT2D eigenvalue weighted by atomic mass is 9.85. The summed E-state index contributed by atoms with van der Waals surface area (Å²) in [5, 5.41) is 15.8. The van der Waals surface area contributed by atoms with Gasteiger partial charge in [-0.25, -0.2) is 14.8 Å². The molecule has 4 heterocycles. The molecule has 5 atom stereocenters. The lowest BCUT2D eigenvalue weighted by molar-refractivity contribution is -0.148. The summed E-state index contributed by atoms with van der Waals surface area (Å²) in [4.78, 5) is 59.5. The van der Waals surface area contributed by atoms with Gasteiger partial charge in [-0.05, 0) is 78.5 Å². The maximum absolute atomic E-state index is 13.8. The number of carbonyl (C=O) groups is 3. The Morgan fingerprint density at radius 2 is 1.32 bits per heavy atom. The Morgan fingerprint density at radius 1 is 0.772 bits per heavy atom. The summed E-state index contributed by atoms with van der Waals surface area (Å²) in [7, 11) is 2.67. The molecule has 5 N–H and O–H groups in total. The summed E-state index contributed by atoms with van der Waals surface area (Å²) in [5.74, 6) is 2.43. The number of ether oxygens (including phenoxy) is 3. The quantitative estimate of drug-likeness (QED) is 0.102. The topological polar surface area (TPSA) is 187 Å². The maximum Gasteiger partial charge on any atom is 0.407 e. The Labute approximate surface area is 333 Å². The first-order chi connectivity index (χ1) is 27.1. The number of imidazole rings is 2. The van der Waals surface area contributed by atoms with Crippen molar-refractivity contribution in [3.63, 3.8) is 0 Å². The van der Waals surface area contributed by atoms with Crippen LogP contribution in [0.25, 0.3) is 22.5 Å². The first-order valence-corrected chi connectivity index (χ1v) is 19.5. The molecule has 15 nitrogen and oxygen atoms in total. The van der Waals surface area contributed by atoms with Gasteiger partial charge in [-0.1, -0.05) is 53.7 Å². The third kappa shape index (κ3) is 9.49. The van der Waals surface area contributed by atoms with E-state index in [2.05, 4.69) is 30.6 Å². The number of hydrogen-bond donors (Lipinski definition) is 5. The summed E-state index contributed by atoms with van der Waals surface area (Å²) in [6, 6.07) is 13.5. The second-order valence-electron chi connectivity index (χ2n) is 16.9. The number of benzene rings is 2. The third-order valence-corrected chi connectivity index (χ3v) is 10.6. The highest BCUT2D eigenvalue weighted by atomic mass is 16.6. The SMILES string of the molecule is COC(=O)NC(C(=O)N1CCCC1c1ncc(-c2cccc(Oc3ccc(-c4cnc(C5CCCN5C(=O)C(NC(O)OC)C(C)(C)C)[nH]4)cc3)c2)[nH]1)C(C)(C)C. The average molecular weight is 785 g/mol. The maximum atomic E-state index is 13.8. The number of aliphatic hydroxyl groups excluding tert-OH is 1. The molecule has 2 fully saturated rings. The molecule has 0 saturated carbocycles. The van der Waals surface area contributed by atoms with Crippen LogP contribution in [0.3, 0.4) is 0 Å². The van der Waals surface area contributed by atoms with Crippen LogP contribution in [0.1, 0.15) is 91.0 Å². The largest absolute Gasteiger partial charge is 0.457 e. The molecule has 2 saturated heterocycles. The van der Waals surface area contributed by atoms with Gasteiger partial charge in [0.2, 0.25) is 18.2 Å². The van der Waals surface area contributed by atoms with E-state index in [1.807, 2.05) is 95.0 Å².